The fourth-order valence-corrected chi connectivity index (χ4v) is 4.67. The number of nitrogens with zero attached hydrogens (tertiary/aromatic N) is 1. The first-order valence-corrected chi connectivity index (χ1v) is 10.7. The summed E-state index contributed by atoms with van der Waals surface area (Å²) in [6.45, 7) is 4.89. The number of hydrogen-bond acceptors (Lipinski definition) is 4. The lowest BCUT2D eigenvalue weighted by Gasteiger charge is -2.18. The summed E-state index contributed by atoms with van der Waals surface area (Å²) in [5.41, 5.74) is 1.94. The molecule has 0 aromatic heterocycles. The second-order valence-electron chi connectivity index (χ2n) is 6.49. The zero-order valence-electron chi connectivity index (χ0n) is 15.5. The molecule has 144 valence electrons. The number of sulfonamides is 1. The smallest absolute Gasteiger partial charge is 0.251 e. The zero-order chi connectivity index (χ0) is 19.4. The van der Waals surface area contributed by atoms with Crippen molar-refractivity contribution in [1.82, 2.24) is 5.32 Å². The normalized spacial score (nSPS) is 16.7. The number of amides is 1. The zero-order valence-corrected chi connectivity index (χ0v) is 16.3. The Labute approximate surface area is 160 Å². The third kappa shape index (κ3) is 4.42. The lowest BCUT2D eigenvalue weighted by molar-refractivity contribution is 0.0940. The molecule has 1 N–H and O–H groups in total. The minimum absolute atomic E-state index is 0.151. The van der Waals surface area contributed by atoms with Crippen LogP contribution in [0.3, 0.4) is 0 Å². The Morgan fingerprint density at radius 1 is 1.22 bits per heavy atom. The monoisotopic (exact) mass is 388 g/mol. The van der Waals surface area contributed by atoms with Crippen LogP contribution in [-0.4, -0.2) is 33.2 Å². The van der Waals surface area contributed by atoms with Crippen LogP contribution < -0.4 is 14.4 Å². The van der Waals surface area contributed by atoms with Crippen LogP contribution >= 0.6 is 0 Å². The van der Waals surface area contributed by atoms with Gasteiger partial charge in [0.25, 0.3) is 5.91 Å². The fourth-order valence-electron chi connectivity index (χ4n) is 3.11. The van der Waals surface area contributed by atoms with Gasteiger partial charge in [-0.15, -0.1) is 0 Å². The standard InChI is InChI=1S/C20H24N2O4S/c1-3-26-19-10-8-16(9-11-19)15(2)21-20(23)17-6-4-7-18(14-17)22-12-5-13-27(22,24)25/h4,6-11,14-15H,3,5,12-13H2,1-2H3,(H,21,23)/t15-/m0/s1. The molecule has 27 heavy (non-hydrogen) atoms. The van der Waals surface area contributed by atoms with Crippen LogP contribution in [-0.2, 0) is 10.0 Å². The molecule has 0 unspecified atom stereocenters. The van der Waals surface area contributed by atoms with Crippen molar-refractivity contribution in [2.45, 2.75) is 26.3 Å². The van der Waals surface area contributed by atoms with Gasteiger partial charge in [-0.1, -0.05) is 18.2 Å². The molecular weight excluding hydrogens is 364 g/mol. The summed E-state index contributed by atoms with van der Waals surface area (Å²) in [6, 6.07) is 14.1. The number of hydrogen-bond donors (Lipinski definition) is 1. The van der Waals surface area contributed by atoms with Crippen molar-refractivity contribution in [1.29, 1.82) is 0 Å². The first kappa shape index (κ1) is 19.2. The van der Waals surface area contributed by atoms with E-state index in [1.165, 1.54) is 4.31 Å². The van der Waals surface area contributed by atoms with Gasteiger partial charge in [-0.3, -0.25) is 9.10 Å². The number of carbonyl (C=O) groups excluding carboxylic acids is 1. The summed E-state index contributed by atoms with van der Waals surface area (Å²) in [5, 5.41) is 2.95. The molecule has 1 heterocycles. The third-order valence-electron chi connectivity index (χ3n) is 4.53. The van der Waals surface area contributed by atoms with Gasteiger partial charge in [-0.25, -0.2) is 8.42 Å². The highest BCUT2D eigenvalue weighted by molar-refractivity contribution is 7.93. The van der Waals surface area contributed by atoms with Crippen molar-refractivity contribution in [2.24, 2.45) is 0 Å². The van der Waals surface area contributed by atoms with Gasteiger partial charge in [0.15, 0.2) is 0 Å². The highest BCUT2D eigenvalue weighted by Gasteiger charge is 2.28. The molecule has 1 aliphatic heterocycles. The van der Waals surface area contributed by atoms with Crippen LogP contribution in [0.15, 0.2) is 48.5 Å². The number of nitrogens with one attached hydrogen (secondary N) is 1. The average Bonchev–Trinajstić information content (AvgIpc) is 3.01. The molecule has 1 aliphatic rings. The number of benzene rings is 2. The summed E-state index contributed by atoms with van der Waals surface area (Å²) in [7, 11) is -3.27. The van der Waals surface area contributed by atoms with Gasteiger partial charge in [0.2, 0.25) is 10.0 Å². The van der Waals surface area contributed by atoms with Gasteiger partial charge in [0.05, 0.1) is 24.1 Å². The van der Waals surface area contributed by atoms with Crippen LogP contribution in [0.2, 0.25) is 0 Å². The van der Waals surface area contributed by atoms with E-state index in [0.717, 1.165) is 11.3 Å². The Morgan fingerprint density at radius 3 is 2.59 bits per heavy atom. The Kier molecular flexibility index (Phi) is 5.70. The number of carbonyl (C=O) groups is 1. The molecule has 1 fully saturated rings. The summed E-state index contributed by atoms with van der Waals surface area (Å²) in [6.07, 6.45) is 0.605. The summed E-state index contributed by atoms with van der Waals surface area (Å²) in [5.74, 6) is 0.701. The third-order valence-corrected chi connectivity index (χ3v) is 6.40. The lowest BCUT2D eigenvalue weighted by Crippen LogP contribution is -2.28. The maximum atomic E-state index is 12.6. The molecule has 0 aliphatic carbocycles. The highest BCUT2D eigenvalue weighted by Crippen LogP contribution is 2.25. The lowest BCUT2D eigenvalue weighted by atomic mass is 10.1. The van der Waals surface area contributed by atoms with E-state index in [9.17, 15) is 13.2 Å². The Bertz CT molecular complexity index is 910. The van der Waals surface area contributed by atoms with E-state index in [0.29, 0.717) is 30.8 Å². The Hall–Kier alpha value is -2.54. The molecule has 6 nitrogen and oxygen atoms in total. The molecule has 1 saturated heterocycles. The largest absolute Gasteiger partial charge is 0.494 e. The van der Waals surface area contributed by atoms with Gasteiger partial charge >= 0.3 is 0 Å². The van der Waals surface area contributed by atoms with Crippen LogP contribution in [0, 0.1) is 0 Å². The molecule has 0 spiro atoms. The SMILES string of the molecule is CCOc1ccc([C@H](C)NC(=O)c2cccc(N3CCCS3(=O)=O)c2)cc1. The average molecular weight is 388 g/mol. The fraction of sp³-hybridized carbons (Fsp3) is 0.350. The topological polar surface area (TPSA) is 75.7 Å². The number of ether oxygens (including phenoxy) is 1. The van der Waals surface area contributed by atoms with E-state index in [1.54, 1.807) is 24.3 Å². The molecule has 2 aromatic carbocycles. The van der Waals surface area contributed by atoms with E-state index >= 15 is 0 Å². The summed E-state index contributed by atoms with van der Waals surface area (Å²) < 4.78 is 31.0. The summed E-state index contributed by atoms with van der Waals surface area (Å²) >= 11 is 0. The van der Waals surface area contributed by atoms with Crippen LogP contribution in [0.1, 0.15) is 42.2 Å². The molecule has 0 bridgehead atoms. The molecule has 1 amide bonds. The van der Waals surface area contributed by atoms with Crippen molar-refractivity contribution >= 4 is 21.6 Å². The first-order valence-electron chi connectivity index (χ1n) is 9.05. The number of anilines is 1. The van der Waals surface area contributed by atoms with Crippen molar-refractivity contribution in [3.63, 3.8) is 0 Å². The Balaban J connectivity index is 1.71. The second-order valence-corrected chi connectivity index (χ2v) is 8.50. The quantitative estimate of drug-likeness (QED) is 0.825. The van der Waals surface area contributed by atoms with Crippen molar-refractivity contribution in [3.8, 4) is 5.75 Å². The maximum Gasteiger partial charge on any atom is 0.251 e. The summed E-state index contributed by atoms with van der Waals surface area (Å²) in [4.78, 5) is 12.6. The van der Waals surface area contributed by atoms with Crippen molar-refractivity contribution < 1.29 is 17.9 Å². The molecule has 3 rings (SSSR count). The maximum absolute atomic E-state index is 12.6. The van der Waals surface area contributed by atoms with Gasteiger partial charge in [-0.2, -0.15) is 0 Å². The van der Waals surface area contributed by atoms with E-state index in [1.807, 2.05) is 38.1 Å². The molecule has 7 heteroatoms. The first-order chi connectivity index (χ1) is 12.9. The molecule has 0 saturated carbocycles. The number of rotatable bonds is 6. The minimum Gasteiger partial charge on any atom is -0.494 e. The van der Waals surface area contributed by atoms with E-state index in [2.05, 4.69) is 5.32 Å². The Morgan fingerprint density at radius 2 is 1.96 bits per heavy atom. The highest BCUT2D eigenvalue weighted by atomic mass is 32.2. The van der Waals surface area contributed by atoms with E-state index in [4.69, 9.17) is 4.74 Å². The van der Waals surface area contributed by atoms with Crippen molar-refractivity contribution in [3.05, 3.63) is 59.7 Å². The van der Waals surface area contributed by atoms with E-state index < -0.39 is 10.0 Å². The molecular formula is C20H24N2O4S. The molecule has 2 aromatic rings. The van der Waals surface area contributed by atoms with Gasteiger partial charge in [-0.05, 0) is 56.2 Å². The predicted octanol–water partition coefficient (Wildman–Crippen LogP) is 3.12. The molecule has 1 atom stereocenters. The minimum atomic E-state index is -3.27. The second kappa shape index (κ2) is 8.00. The van der Waals surface area contributed by atoms with Gasteiger partial charge < -0.3 is 10.1 Å². The van der Waals surface area contributed by atoms with Crippen LogP contribution in [0.4, 0.5) is 5.69 Å². The van der Waals surface area contributed by atoms with Gasteiger partial charge in [0, 0.05) is 12.1 Å². The van der Waals surface area contributed by atoms with Gasteiger partial charge in [0.1, 0.15) is 5.75 Å². The van der Waals surface area contributed by atoms with E-state index in [-0.39, 0.29) is 17.7 Å². The van der Waals surface area contributed by atoms with Crippen LogP contribution in [0.25, 0.3) is 0 Å². The van der Waals surface area contributed by atoms with Crippen LogP contribution in [0.5, 0.6) is 5.75 Å². The molecule has 0 radical (unpaired) electrons. The predicted molar refractivity (Wildman–Crippen MR) is 106 cm³/mol. The van der Waals surface area contributed by atoms with Crippen molar-refractivity contribution in [2.75, 3.05) is 23.2 Å².